The number of carbonyl (C=O) groups excluding carboxylic acids is 2. The fraction of sp³-hybridized carbons (Fsp3) is 0.317. The number of ether oxygens (including phenoxy) is 2. The molecule has 5 aromatic rings. The van der Waals surface area contributed by atoms with Gasteiger partial charge >= 0.3 is 6.09 Å². The van der Waals surface area contributed by atoms with Gasteiger partial charge in [-0.2, -0.15) is 0 Å². The summed E-state index contributed by atoms with van der Waals surface area (Å²) in [5.74, 6) is 0.594. The molecule has 8 heteroatoms. The molecule has 2 N–H and O–H groups in total. The summed E-state index contributed by atoms with van der Waals surface area (Å²) in [6.07, 6.45) is 3.08. The molecule has 0 radical (unpaired) electrons. The fourth-order valence-electron chi connectivity index (χ4n) is 6.16. The first-order chi connectivity index (χ1) is 23.7. The van der Waals surface area contributed by atoms with Crippen LogP contribution in [-0.4, -0.2) is 54.8 Å². The second kappa shape index (κ2) is 15.7. The number of hydrogen-bond donors (Lipinski definition) is 2. The molecule has 1 aliphatic heterocycles. The number of carbonyl (C=O) groups is 2. The summed E-state index contributed by atoms with van der Waals surface area (Å²) in [6, 6.07) is 33.8. The van der Waals surface area contributed by atoms with E-state index in [9.17, 15) is 9.59 Å². The van der Waals surface area contributed by atoms with Gasteiger partial charge in [-0.1, -0.05) is 72.8 Å². The summed E-state index contributed by atoms with van der Waals surface area (Å²) in [5, 5.41) is 7.03. The van der Waals surface area contributed by atoms with Crippen LogP contribution in [0.25, 0.3) is 20.5 Å². The lowest BCUT2D eigenvalue weighted by Crippen LogP contribution is -2.47. The molecular formula is C41H45N3O4S. The number of likely N-dealkylation sites (tertiary alicyclic amines) is 1. The molecule has 0 spiro atoms. The molecule has 1 aliphatic rings. The highest BCUT2D eigenvalue weighted by molar-refractivity contribution is 7.22. The van der Waals surface area contributed by atoms with Crippen LogP contribution in [0.4, 0.5) is 10.5 Å². The molecule has 7 nitrogen and oxygen atoms in total. The molecule has 0 aliphatic carbocycles. The van der Waals surface area contributed by atoms with Crippen molar-refractivity contribution in [2.75, 3.05) is 31.6 Å². The Kier molecular flexibility index (Phi) is 11.0. The van der Waals surface area contributed by atoms with Crippen molar-refractivity contribution in [1.29, 1.82) is 0 Å². The lowest BCUT2D eigenvalue weighted by Gasteiger charge is -2.23. The number of fused-ring (bicyclic) bond motifs is 1. The van der Waals surface area contributed by atoms with E-state index in [1.807, 2.05) is 42.5 Å². The Bertz CT molecular complexity index is 1840. The number of nitrogens with one attached hydrogen (secondary N) is 2. The molecule has 0 saturated carbocycles. The summed E-state index contributed by atoms with van der Waals surface area (Å²) in [4.78, 5) is 29.8. The van der Waals surface area contributed by atoms with E-state index < -0.39 is 17.7 Å². The van der Waals surface area contributed by atoms with E-state index in [4.69, 9.17) is 9.47 Å². The average molecular weight is 676 g/mol. The zero-order valence-electron chi connectivity index (χ0n) is 28.5. The Labute approximate surface area is 293 Å². The largest absolute Gasteiger partial charge is 0.492 e. The van der Waals surface area contributed by atoms with Gasteiger partial charge in [0.1, 0.15) is 24.0 Å². The summed E-state index contributed by atoms with van der Waals surface area (Å²) in [5.41, 5.74) is 4.51. The number of benzene rings is 4. The van der Waals surface area contributed by atoms with Crippen LogP contribution in [0.5, 0.6) is 5.75 Å². The zero-order chi connectivity index (χ0) is 34.2. The van der Waals surface area contributed by atoms with E-state index in [0.717, 1.165) is 29.8 Å². The van der Waals surface area contributed by atoms with Crippen molar-refractivity contribution < 1.29 is 19.1 Å². The smallest absolute Gasteiger partial charge is 0.408 e. The predicted molar refractivity (Wildman–Crippen MR) is 200 cm³/mol. The van der Waals surface area contributed by atoms with Crippen LogP contribution in [0.15, 0.2) is 103 Å². The Morgan fingerprint density at radius 3 is 2.24 bits per heavy atom. The number of hydrogen-bond acceptors (Lipinski definition) is 6. The molecule has 254 valence electrons. The minimum absolute atomic E-state index is 0.312. The Morgan fingerprint density at radius 1 is 0.837 bits per heavy atom. The maximum Gasteiger partial charge on any atom is 0.408 e. The molecule has 1 unspecified atom stereocenters. The van der Waals surface area contributed by atoms with Crippen LogP contribution >= 0.6 is 11.3 Å². The Balaban J connectivity index is 1.15. The summed E-state index contributed by atoms with van der Waals surface area (Å²) < 4.78 is 12.7. The van der Waals surface area contributed by atoms with Gasteiger partial charge in [-0.3, -0.25) is 9.69 Å². The predicted octanol–water partition coefficient (Wildman–Crippen LogP) is 8.71. The van der Waals surface area contributed by atoms with Gasteiger partial charge in [0.15, 0.2) is 0 Å². The van der Waals surface area contributed by atoms with Crippen molar-refractivity contribution in [3.8, 4) is 16.2 Å². The third kappa shape index (κ3) is 9.49. The van der Waals surface area contributed by atoms with Gasteiger partial charge in [-0.25, -0.2) is 4.79 Å². The van der Waals surface area contributed by atoms with Crippen molar-refractivity contribution in [2.24, 2.45) is 0 Å². The minimum Gasteiger partial charge on any atom is -0.492 e. The SMILES string of the molecule is CC(C)(C)OC(=O)NC(Cc1ccccc1)C(=O)Nc1ccc(-c2sc3ccccc3c2Cc2ccc(OCCN3CCCC3)cc2)cc1. The minimum atomic E-state index is -0.812. The van der Waals surface area contributed by atoms with Crippen molar-refractivity contribution >= 4 is 39.1 Å². The monoisotopic (exact) mass is 675 g/mol. The van der Waals surface area contributed by atoms with Crippen LogP contribution in [0.2, 0.25) is 0 Å². The van der Waals surface area contributed by atoms with Gasteiger partial charge in [0.05, 0.1) is 0 Å². The highest BCUT2D eigenvalue weighted by Gasteiger charge is 2.25. The van der Waals surface area contributed by atoms with Crippen LogP contribution in [0, 0.1) is 0 Å². The molecule has 2 heterocycles. The first kappa shape index (κ1) is 34.2. The number of alkyl carbamates (subject to hydrolysis) is 1. The van der Waals surface area contributed by atoms with E-state index >= 15 is 0 Å². The van der Waals surface area contributed by atoms with Gasteiger partial charge in [0, 0.05) is 28.2 Å². The highest BCUT2D eigenvalue weighted by Crippen LogP contribution is 2.40. The molecular weight excluding hydrogens is 631 g/mol. The normalized spacial score (nSPS) is 14.0. The zero-order valence-corrected chi connectivity index (χ0v) is 29.4. The number of thiophene rings is 1. The van der Waals surface area contributed by atoms with Gasteiger partial charge < -0.3 is 20.1 Å². The van der Waals surface area contributed by atoms with E-state index in [0.29, 0.717) is 18.7 Å². The van der Waals surface area contributed by atoms with Gasteiger partial charge in [-0.05, 0) is 111 Å². The second-order valence-corrected chi connectivity index (χ2v) is 14.6. The van der Waals surface area contributed by atoms with E-state index in [-0.39, 0.29) is 5.91 Å². The van der Waals surface area contributed by atoms with Crippen LogP contribution in [0.3, 0.4) is 0 Å². The van der Waals surface area contributed by atoms with Crippen molar-refractivity contribution in [1.82, 2.24) is 10.2 Å². The highest BCUT2D eigenvalue weighted by atomic mass is 32.1. The fourth-order valence-corrected chi connectivity index (χ4v) is 7.38. The van der Waals surface area contributed by atoms with Crippen molar-refractivity contribution in [3.63, 3.8) is 0 Å². The molecule has 1 atom stereocenters. The molecule has 1 fully saturated rings. The van der Waals surface area contributed by atoms with Crippen molar-refractivity contribution in [3.05, 3.63) is 120 Å². The van der Waals surface area contributed by atoms with E-state index in [1.54, 1.807) is 32.1 Å². The van der Waals surface area contributed by atoms with Gasteiger partial charge in [-0.15, -0.1) is 11.3 Å². The number of nitrogens with zero attached hydrogens (tertiary/aromatic N) is 1. The molecule has 49 heavy (non-hydrogen) atoms. The second-order valence-electron chi connectivity index (χ2n) is 13.6. The number of amides is 2. The van der Waals surface area contributed by atoms with Crippen LogP contribution < -0.4 is 15.4 Å². The number of anilines is 1. The topological polar surface area (TPSA) is 79.9 Å². The first-order valence-corrected chi connectivity index (χ1v) is 17.9. The lowest BCUT2D eigenvalue weighted by molar-refractivity contribution is -0.118. The third-order valence-corrected chi connectivity index (χ3v) is 9.84. The third-order valence-electron chi connectivity index (χ3n) is 8.58. The summed E-state index contributed by atoms with van der Waals surface area (Å²) in [7, 11) is 0. The maximum atomic E-state index is 13.5. The molecule has 4 aromatic carbocycles. The molecule has 2 amide bonds. The quantitative estimate of drug-likeness (QED) is 0.138. The van der Waals surface area contributed by atoms with Crippen LogP contribution in [-0.2, 0) is 22.4 Å². The summed E-state index contributed by atoms with van der Waals surface area (Å²) in [6.45, 7) is 9.44. The average Bonchev–Trinajstić information content (AvgIpc) is 3.74. The van der Waals surface area contributed by atoms with Gasteiger partial charge in [0.2, 0.25) is 5.91 Å². The molecule has 0 bridgehead atoms. The standard InChI is InChI=1S/C41H45N3O4S/c1-41(2,3)48-40(46)43-36(28-29-11-5-4-6-12-29)39(45)42-32-19-17-31(18-20-32)38-35(34-13-7-8-14-37(34)49-38)27-30-15-21-33(22-16-30)47-26-25-44-23-9-10-24-44/h4-8,11-22,36H,9-10,23-28H2,1-3H3,(H,42,45)(H,43,46). The molecule has 6 rings (SSSR count). The van der Waals surface area contributed by atoms with E-state index in [2.05, 4.69) is 76.2 Å². The van der Waals surface area contributed by atoms with Gasteiger partial charge in [0.25, 0.3) is 0 Å². The molecule has 1 aromatic heterocycles. The Morgan fingerprint density at radius 2 is 1.53 bits per heavy atom. The first-order valence-electron chi connectivity index (χ1n) is 17.1. The van der Waals surface area contributed by atoms with Crippen molar-refractivity contribution in [2.45, 2.75) is 58.1 Å². The Hall–Kier alpha value is -4.66. The summed E-state index contributed by atoms with van der Waals surface area (Å²) >= 11 is 1.78. The lowest BCUT2D eigenvalue weighted by atomic mass is 9.99. The maximum absolute atomic E-state index is 13.5. The van der Waals surface area contributed by atoms with Crippen LogP contribution in [0.1, 0.15) is 50.3 Å². The molecule has 1 saturated heterocycles. The van der Waals surface area contributed by atoms with E-state index in [1.165, 1.54) is 52.0 Å². The number of rotatable bonds is 12.